The predicted molar refractivity (Wildman–Crippen MR) is 111 cm³/mol. The Balaban J connectivity index is 3.54. The largest absolute Gasteiger partial charge is 0.103 e. The molecule has 0 rings (SSSR count). The molecule has 24 heavy (non-hydrogen) atoms. The number of hydrogen-bond donors (Lipinski definition) is 0. The molecule has 0 spiro atoms. The van der Waals surface area contributed by atoms with Crippen LogP contribution in [0.2, 0.25) is 0 Å². The van der Waals surface area contributed by atoms with Gasteiger partial charge in [0.05, 0.1) is 0 Å². The van der Waals surface area contributed by atoms with Crippen molar-refractivity contribution in [1.29, 1.82) is 0 Å². The summed E-state index contributed by atoms with van der Waals surface area (Å²) in [5, 5.41) is 0. The van der Waals surface area contributed by atoms with Crippen LogP contribution in [0, 0.1) is 37.5 Å². The van der Waals surface area contributed by atoms with Crippen molar-refractivity contribution in [2.45, 2.75) is 117 Å². The Labute approximate surface area is 154 Å². The molecule has 0 fully saturated rings. The Bertz CT molecular complexity index is 291. The third-order valence-corrected chi connectivity index (χ3v) is 4.83. The molecule has 0 aromatic rings. The number of unbranched alkanes of at least 4 members (excludes halogenated alkanes) is 10. The third-order valence-electron chi connectivity index (χ3n) is 4.83. The van der Waals surface area contributed by atoms with Crippen LogP contribution in [0.5, 0.6) is 0 Å². The molecule has 0 saturated heterocycles. The van der Waals surface area contributed by atoms with Gasteiger partial charge in [-0.25, -0.2) is 0 Å². The van der Waals surface area contributed by atoms with E-state index in [4.69, 9.17) is 0 Å². The first-order chi connectivity index (χ1) is 11.7. The molecule has 1 unspecified atom stereocenters. The van der Waals surface area contributed by atoms with Gasteiger partial charge in [0.2, 0.25) is 0 Å². The van der Waals surface area contributed by atoms with Crippen molar-refractivity contribution in [2.75, 3.05) is 0 Å². The smallest absolute Gasteiger partial charge is 0.00890 e. The lowest BCUT2D eigenvalue weighted by atomic mass is 9.87. The molecule has 1 atom stereocenters. The van der Waals surface area contributed by atoms with Gasteiger partial charge >= 0.3 is 0 Å². The summed E-state index contributed by atoms with van der Waals surface area (Å²) in [6, 6.07) is 0. The standard InChI is InChI=1S/C24H44/c1-5-7-9-11-12-13-14-15-16-17-19-21-24(22-23(3)4)20-18-10-8-6-2/h23-24H,1-2,5-6,8,10-22H2,3-4H3. The van der Waals surface area contributed by atoms with Gasteiger partial charge in [-0.1, -0.05) is 97.8 Å². The van der Waals surface area contributed by atoms with Crippen molar-refractivity contribution in [3.05, 3.63) is 13.8 Å². The van der Waals surface area contributed by atoms with Gasteiger partial charge in [0.15, 0.2) is 0 Å². The van der Waals surface area contributed by atoms with Crippen LogP contribution in [0.15, 0.2) is 0 Å². The lowest BCUT2D eigenvalue weighted by Gasteiger charge is -2.19. The highest BCUT2D eigenvalue weighted by Crippen LogP contribution is 2.25. The fourth-order valence-corrected chi connectivity index (χ4v) is 3.54. The quantitative estimate of drug-likeness (QED) is 0.197. The minimum atomic E-state index is 0.758. The van der Waals surface area contributed by atoms with Crippen molar-refractivity contribution in [2.24, 2.45) is 11.8 Å². The average molecular weight is 333 g/mol. The summed E-state index contributed by atoms with van der Waals surface area (Å²) in [7, 11) is 0. The number of hydrogen-bond acceptors (Lipinski definition) is 0. The van der Waals surface area contributed by atoms with Crippen LogP contribution < -0.4 is 0 Å². The maximum Gasteiger partial charge on any atom is 0.00890 e. The molecule has 0 N–H and O–H groups in total. The minimum absolute atomic E-state index is 0.758. The van der Waals surface area contributed by atoms with E-state index in [-0.39, 0.29) is 0 Å². The zero-order chi connectivity index (χ0) is 17.9. The van der Waals surface area contributed by atoms with Crippen molar-refractivity contribution >= 4 is 0 Å². The Kier molecular flexibility index (Phi) is 18.5. The zero-order valence-corrected chi connectivity index (χ0v) is 16.9. The van der Waals surface area contributed by atoms with Crippen LogP contribution >= 0.6 is 0 Å². The van der Waals surface area contributed by atoms with Gasteiger partial charge in [0, 0.05) is 12.8 Å². The maximum atomic E-state index is 3.95. The molecule has 0 heteroatoms. The fraction of sp³-hybridized carbons (Fsp3) is 0.833. The van der Waals surface area contributed by atoms with E-state index in [0.29, 0.717) is 0 Å². The van der Waals surface area contributed by atoms with E-state index in [2.05, 4.69) is 39.5 Å². The predicted octanol–water partition coefficient (Wildman–Crippen LogP) is 8.17. The summed E-state index contributed by atoms with van der Waals surface area (Å²) in [5.74, 6) is 8.06. The molecule has 0 aromatic heterocycles. The van der Waals surface area contributed by atoms with Crippen molar-refractivity contribution in [3.63, 3.8) is 0 Å². The first kappa shape index (κ1) is 23.6. The zero-order valence-electron chi connectivity index (χ0n) is 16.9. The normalized spacial score (nSPS) is 12.2. The second-order valence-electron chi connectivity index (χ2n) is 7.82. The van der Waals surface area contributed by atoms with E-state index in [9.17, 15) is 0 Å². The van der Waals surface area contributed by atoms with Gasteiger partial charge < -0.3 is 0 Å². The molecule has 140 valence electrons. The van der Waals surface area contributed by atoms with Crippen LogP contribution in [-0.2, 0) is 0 Å². The van der Waals surface area contributed by atoms with Gasteiger partial charge in [-0.15, -0.1) is 11.8 Å². The molecule has 2 radical (unpaired) electrons. The molecule has 0 amide bonds. The van der Waals surface area contributed by atoms with Crippen LogP contribution in [0.4, 0.5) is 0 Å². The summed E-state index contributed by atoms with van der Waals surface area (Å²) in [6.45, 7) is 12.4. The molecule has 0 aliphatic rings. The highest BCUT2D eigenvalue weighted by Gasteiger charge is 2.10. The second-order valence-corrected chi connectivity index (χ2v) is 7.82. The summed E-state index contributed by atoms with van der Waals surface area (Å²) in [4.78, 5) is 0. The average Bonchev–Trinajstić information content (AvgIpc) is 2.55. The van der Waals surface area contributed by atoms with Gasteiger partial charge in [-0.05, 0) is 31.6 Å². The Morgan fingerprint density at radius 3 is 1.75 bits per heavy atom. The minimum Gasteiger partial charge on any atom is -0.103 e. The van der Waals surface area contributed by atoms with E-state index in [1.54, 1.807) is 0 Å². The Morgan fingerprint density at radius 1 is 0.667 bits per heavy atom. The topological polar surface area (TPSA) is 0 Å². The number of rotatable bonds is 16. The van der Waals surface area contributed by atoms with Crippen LogP contribution in [0.3, 0.4) is 0 Å². The molecule has 0 aromatic carbocycles. The highest BCUT2D eigenvalue weighted by molar-refractivity contribution is 4.98. The lowest BCUT2D eigenvalue weighted by Crippen LogP contribution is -2.05. The van der Waals surface area contributed by atoms with E-state index < -0.39 is 0 Å². The SMILES string of the molecule is [CH2]CC#CCCCCCCCCCC(CCCCC[CH2])CC(C)C. The van der Waals surface area contributed by atoms with Crippen LogP contribution in [-0.4, -0.2) is 0 Å². The van der Waals surface area contributed by atoms with E-state index in [1.807, 2.05) is 0 Å². The summed E-state index contributed by atoms with van der Waals surface area (Å²) in [6.07, 6.45) is 21.2. The maximum absolute atomic E-state index is 3.95. The van der Waals surface area contributed by atoms with Gasteiger partial charge in [-0.2, -0.15) is 0 Å². The molecule has 0 nitrogen and oxygen atoms in total. The Morgan fingerprint density at radius 2 is 1.21 bits per heavy atom. The molecule has 0 bridgehead atoms. The van der Waals surface area contributed by atoms with Crippen molar-refractivity contribution in [3.8, 4) is 11.8 Å². The van der Waals surface area contributed by atoms with Crippen molar-refractivity contribution < 1.29 is 0 Å². The highest BCUT2D eigenvalue weighted by atomic mass is 14.2. The van der Waals surface area contributed by atoms with Crippen LogP contribution in [0.1, 0.15) is 117 Å². The Hall–Kier alpha value is -0.440. The van der Waals surface area contributed by atoms with Crippen LogP contribution in [0.25, 0.3) is 0 Å². The third kappa shape index (κ3) is 17.9. The summed E-state index contributed by atoms with van der Waals surface area (Å²) < 4.78 is 0. The fourth-order valence-electron chi connectivity index (χ4n) is 3.54. The summed E-state index contributed by atoms with van der Waals surface area (Å²) in [5.41, 5.74) is 0. The lowest BCUT2D eigenvalue weighted by molar-refractivity contribution is 0.339. The van der Waals surface area contributed by atoms with Crippen molar-refractivity contribution in [1.82, 2.24) is 0 Å². The van der Waals surface area contributed by atoms with E-state index in [1.165, 1.54) is 83.5 Å². The molecule has 0 aliphatic carbocycles. The first-order valence-electron chi connectivity index (χ1n) is 10.7. The molecular formula is C24H44. The molecule has 0 aliphatic heterocycles. The van der Waals surface area contributed by atoms with E-state index in [0.717, 1.165) is 31.1 Å². The monoisotopic (exact) mass is 332 g/mol. The first-order valence-corrected chi connectivity index (χ1v) is 10.7. The van der Waals surface area contributed by atoms with E-state index >= 15 is 0 Å². The molecule has 0 saturated carbocycles. The van der Waals surface area contributed by atoms with Gasteiger partial charge in [0.25, 0.3) is 0 Å². The summed E-state index contributed by atoms with van der Waals surface area (Å²) >= 11 is 0. The molecular weight excluding hydrogens is 288 g/mol. The second kappa shape index (κ2) is 18.9. The van der Waals surface area contributed by atoms with Gasteiger partial charge in [0.1, 0.15) is 0 Å². The van der Waals surface area contributed by atoms with Gasteiger partial charge in [-0.3, -0.25) is 0 Å². The molecule has 0 heterocycles.